The maximum Gasteiger partial charge on any atom is 0.305 e. The predicted octanol–water partition coefficient (Wildman–Crippen LogP) is 2.64. The molecule has 1 heterocycles. The molecule has 1 aromatic rings. The highest BCUT2D eigenvalue weighted by molar-refractivity contribution is 5.85. The van der Waals surface area contributed by atoms with Gasteiger partial charge in [0.15, 0.2) is 0 Å². The van der Waals surface area contributed by atoms with E-state index in [-0.39, 0.29) is 18.4 Å². The van der Waals surface area contributed by atoms with Crippen molar-refractivity contribution >= 4 is 18.4 Å². The second kappa shape index (κ2) is 7.39. The topological polar surface area (TPSA) is 38.3 Å². The molecule has 2 rings (SSSR count). The van der Waals surface area contributed by atoms with E-state index in [1.165, 1.54) is 31.1 Å². The lowest BCUT2D eigenvalue weighted by Crippen LogP contribution is -2.12. The second-order valence-electron chi connectivity index (χ2n) is 4.47. The minimum Gasteiger partial charge on any atom is -0.469 e. The second-order valence-corrected chi connectivity index (χ2v) is 4.47. The summed E-state index contributed by atoms with van der Waals surface area (Å²) in [6.45, 7) is 1.12. The van der Waals surface area contributed by atoms with Crippen LogP contribution in [0.5, 0.6) is 0 Å². The summed E-state index contributed by atoms with van der Waals surface area (Å²) in [6, 6.07) is 9.06. The van der Waals surface area contributed by atoms with Crippen molar-refractivity contribution in [1.29, 1.82) is 0 Å². The average Bonchev–Trinajstić information content (AvgIpc) is 2.90. The zero-order valence-electron chi connectivity index (χ0n) is 10.6. The van der Waals surface area contributed by atoms with Gasteiger partial charge >= 0.3 is 5.97 Å². The Hall–Kier alpha value is -1.06. The SMILES string of the molecule is COC(=O)CCc1ccc(C2CCCN2)cc1.Cl. The molecule has 100 valence electrons. The molecule has 0 radical (unpaired) electrons. The predicted molar refractivity (Wildman–Crippen MR) is 74.0 cm³/mol. The fourth-order valence-electron chi connectivity index (χ4n) is 2.23. The average molecular weight is 270 g/mol. The number of benzene rings is 1. The van der Waals surface area contributed by atoms with Crippen LogP contribution < -0.4 is 5.32 Å². The summed E-state index contributed by atoms with van der Waals surface area (Å²) >= 11 is 0. The first kappa shape index (κ1) is 15.0. The van der Waals surface area contributed by atoms with Gasteiger partial charge in [0.05, 0.1) is 7.11 Å². The largest absolute Gasteiger partial charge is 0.469 e. The highest BCUT2D eigenvalue weighted by Crippen LogP contribution is 2.23. The molecule has 0 amide bonds. The molecule has 1 unspecified atom stereocenters. The highest BCUT2D eigenvalue weighted by Gasteiger charge is 2.15. The van der Waals surface area contributed by atoms with Gasteiger partial charge in [-0.2, -0.15) is 0 Å². The molecule has 18 heavy (non-hydrogen) atoms. The van der Waals surface area contributed by atoms with E-state index in [2.05, 4.69) is 34.3 Å². The Balaban J connectivity index is 0.00000162. The lowest BCUT2D eigenvalue weighted by atomic mass is 10.0. The van der Waals surface area contributed by atoms with Gasteiger partial charge in [-0.3, -0.25) is 4.79 Å². The molecule has 0 saturated carbocycles. The molecule has 0 bridgehead atoms. The van der Waals surface area contributed by atoms with Crippen molar-refractivity contribution in [2.45, 2.75) is 31.7 Å². The van der Waals surface area contributed by atoms with E-state index in [1.807, 2.05) is 0 Å². The van der Waals surface area contributed by atoms with E-state index >= 15 is 0 Å². The first-order valence-corrected chi connectivity index (χ1v) is 6.18. The van der Waals surface area contributed by atoms with Crippen molar-refractivity contribution in [2.24, 2.45) is 0 Å². The van der Waals surface area contributed by atoms with E-state index in [1.54, 1.807) is 0 Å². The summed E-state index contributed by atoms with van der Waals surface area (Å²) in [5.74, 6) is -0.147. The molecule has 0 aliphatic carbocycles. The third kappa shape index (κ3) is 4.00. The first-order chi connectivity index (χ1) is 8.29. The van der Waals surface area contributed by atoms with E-state index in [4.69, 9.17) is 0 Å². The smallest absolute Gasteiger partial charge is 0.305 e. The number of methoxy groups -OCH3 is 1. The number of esters is 1. The van der Waals surface area contributed by atoms with Crippen molar-refractivity contribution in [1.82, 2.24) is 5.32 Å². The van der Waals surface area contributed by atoms with Gasteiger partial charge in [-0.05, 0) is 36.9 Å². The van der Waals surface area contributed by atoms with Crippen LogP contribution in [0.4, 0.5) is 0 Å². The molecule has 1 aliphatic heterocycles. The van der Waals surface area contributed by atoms with Gasteiger partial charge < -0.3 is 10.1 Å². The Kier molecular flexibility index (Phi) is 6.16. The van der Waals surface area contributed by atoms with Crippen LogP contribution in [0.15, 0.2) is 24.3 Å². The monoisotopic (exact) mass is 269 g/mol. The van der Waals surface area contributed by atoms with Crippen LogP contribution in [0.3, 0.4) is 0 Å². The van der Waals surface area contributed by atoms with Crippen molar-refractivity contribution in [3.8, 4) is 0 Å². The van der Waals surface area contributed by atoms with Crippen LogP contribution in [0.2, 0.25) is 0 Å². The minimum atomic E-state index is -0.147. The van der Waals surface area contributed by atoms with E-state index < -0.39 is 0 Å². The number of hydrogen-bond acceptors (Lipinski definition) is 3. The number of carbonyl (C=O) groups excluding carboxylic acids is 1. The molecule has 0 spiro atoms. The number of carbonyl (C=O) groups is 1. The van der Waals surface area contributed by atoms with Crippen LogP contribution >= 0.6 is 12.4 Å². The number of aryl methyl sites for hydroxylation is 1. The van der Waals surface area contributed by atoms with E-state index in [9.17, 15) is 4.79 Å². The van der Waals surface area contributed by atoms with Gasteiger partial charge in [-0.15, -0.1) is 12.4 Å². The van der Waals surface area contributed by atoms with Crippen molar-refractivity contribution in [2.75, 3.05) is 13.7 Å². The third-order valence-electron chi connectivity index (χ3n) is 3.29. The summed E-state index contributed by atoms with van der Waals surface area (Å²) in [5, 5.41) is 3.48. The van der Waals surface area contributed by atoms with Crippen molar-refractivity contribution in [3.05, 3.63) is 35.4 Å². The van der Waals surface area contributed by atoms with Crippen LogP contribution in [-0.2, 0) is 16.0 Å². The third-order valence-corrected chi connectivity index (χ3v) is 3.29. The Labute approximate surface area is 114 Å². The molecule has 4 heteroatoms. The van der Waals surface area contributed by atoms with Crippen molar-refractivity contribution < 1.29 is 9.53 Å². The van der Waals surface area contributed by atoms with Crippen LogP contribution in [-0.4, -0.2) is 19.6 Å². The van der Waals surface area contributed by atoms with Gasteiger partial charge in [0.1, 0.15) is 0 Å². The molecule has 1 N–H and O–H groups in total. The van der Waals surface area contributed by atoms with Crippen LogP contribution in [0.25, 0.3) is 0 Å². The van der Waals surface area contributed by atoms with Crippen LogP contribution in [0.1, 0.15) is 36.4 Å². The minimum absolute atomic E-state index is 0. The summed E-state index contributed by atoms with van der Waals surface area (Å²) in [4.78, 5) is 11.0. The zero-order chi connectivity index (χ0) is 12.1. The van der Waals surface area contributed by atoms with Crippen molar-refractivity contribution in [3.63, 3.8) is 0 Å². The summed E-state index contributed by atoms with van der Waals surface area (Å²) < 4.78 is 4.63. The molecule has 1 saturated heterocycles. The van der Waals surface area contributed by atoms with Gasteiger partial charge in [0.2, 0.25) is 0 Å². The molecule has 1 aliphatic rings. The van der Waals surface area contributed by atoms with Gasteiger partial charge in [0.25, 0.3) is 0 Å². The highest BCUT2D eigenvalue weighted by atomic mass is 35.5. The summed E-state index contributed by atoms with van der Waals surface area (Å²) in [6.07, 6.45) is 3.69. The normalized spacial score (nSPS) is 18.2. The number of rotatable bonds is 4. The fraction of sp³-hybridized carbons (Fsp3) is 0.500. The number of ether oxygens (including phenoxy) is 1. The number of hydrogen-bond donors (Lipinski definition) is 1. The summed E-state index contributed by atoms with van der Waals surface area (Å²) in [7, 11) is 1.43. The Morgan fingerprint density at radius 2 is 2.11 bits per heavy atom. The number of halogens is 1. The molecule has 3 nitrogen and oxygen atoms in total. The molecule has 1 aromatic carbocycles. The standard InChI is InChI=1S/C14H19NO2.ClH/c1-17-14(16)9-6-11-4-7-12(8-5-11)13-3-2-10-15-13;/h4-5,7-8,13,15H,2-3,6,9-10H2,1H3;1H. The van der Waals surface area contributed by atoms with E-state index in [0.29, 0.717) is 12.5 Å². The molecule has 0 aromatic heterocycles. The molecular formula is C14H20ClNO2. The Bertz CT molecular complexity index is 372. The first-order valence-electron chi connectivity index (χ1n) is 6.18. The summed E-state index contributed by atoms with van der Waals surface area (Å²) in [5.41, 5.74) is 2.54. The van der Waals surface area contributed by atoms with Crippen LogP contribution in [0, 0.1) is 0 Å². The fourth-order valence-corrected chi connectivity index (χ4v) is 2.23. The maximum absolute atomic E-state index is 11.0. The maximum atomic E-state index is 11.0. The zero-order valence-corrected chi connectivity index (χ0v) is 11.5. The van der Waals surface area contributed by atoms with Gasteiger partial charge in [-0.25, -0.2) is 0 Å². The molecule has 1 atom stereocenters. The lowest BCUT2D eigenvalue weighted by Gasteiger charge is -2.11. The van der Waals surface area contributed by atoms with Gasteiger partial charge in [0, 0.05) is 12.5 Å². The molecule has 1 fully saturated rings. The Morgan fingerprint density at radius 1 is 1.39 bits per heavy atom. The lowest BCUT2D eigenvalue weighted by molar-refractivity contribution is -0.140. The van der Waals surface area contributed by atoms with E-state index in [0.717, 1.165) is 13.0 Å². The quantitative estimate of drug-likeness (QED) is 0.854. The molecular weight excluding hydrogens is 250 g/mol. The Morgan fingerprint density at radius 3 is 2.67 bits per heavy atom. The van der Waals surface area contributed by atoms with Gasteiger partial charge in [-0.1, -0.05) is 24.3 Å². The number of nitrogens with one attached hydrogen (secondary N) is 1.